The summed E-state index contributed by atoms with van der Waals surface area (Å²) in [4.78, 5) is 13.2. The van der Waals surface area contributed by atoms with Crippen LogP contribution in [0.1, 0.15) is 23.2 Å². The number of amides is 1. The summed E-state index contributed by atoms with van der Waals surface area (Å²) in [6.45, 7) is -0.345. The van der Waals surface area contributed by atoms with Gasteiger partial charge in [-0.25, -0.2) is 17.6 Å². The van der Waals surface area contributed by atoms with Gasteiger partial charge in [0.1, 0.15) is 11.6 Å². The van der Waals surface area contributed by atoms with Crippen LogP contribution in [-0.4, -0.2) is 29.8 Å². The molecule has 2 nitrogen and oxygen atoms in total. The van der Waals surface area contributed by atoms with Crippen molar-refractivity contribution >= 4 is 21.8 Å². The van der Waals surface area contributed by atoms with E-state index in [-0.39, 0.29) is 17.6 Å². The zero-order valence-electron chi connectivity index (χ0n) is 9.73. The fourth-order valence-corrected chi connectivity index (χ4v) is 2.41. The Bertz CT molecular complexity index is 511. The lowest BCUT2D eigenvalue weighted by molar-refractivity contribution is -0.0494. The second-order valence-corrected chi connectivity index (χ2v) is 5.16. The zero-order chi connectivity index (χ0) is 14.2. The van der Waals surface area contributed by atoms with Gasteiger partial charge < -0.3 is 4.90 Å². The van der Waals surface area contributed by atoms with Gasteiger partial charge in [-0.2, -0.15) is 0 Å². The molecule has 2 rings (SSSR count). The second kappa shape index (κ2) is 5.11. The van der Waals surface area contributed by atoms with Crippen LogP contribution in [0.25, 0.3) is 0 Å². The highest BCUT2D eigenvalue weighted by Crippen LogP contribution is 2.30. The molecule has 1 heterocycles. The van der Waals surface area contributed by atoms with Crippen LogP contribution in [0.2, 0.25) is 0 Å². The summed E-state index contributed by atoms with van der Waals surface area (Å²) >= 11 is 2.81. The van der Waals surface area contributed by atoms with E-state index < -0.39 is 41.9 Å². The molecule has 1 aromatic carbocycles. The number of carbonyl (C=O) groups excluding carboxylic acids is 1. The monoisotopic (exact) mass is 339 g/mol. The third-order valence-corrected chi connectivity index (χ3v) is 3.82. The first kappa shape index (κ1) is 14.3. The van der Waals surface area contributed by atoms with Gasteiger partial charge in [0.2, 0.25) is 0 Å². The number of hydrogen-bond donors (Lipinski definition) is 0. The van der Waals surface area contributed by atoms with E-state index in [0.29, 0.717) is 0 Å². The van der Waals surface area contributed by atoms with Crippen LogP contribution < -0.4 is 0 Å². The highest BCUT2D eigenvalue weighted by Gasteiger charge is 2.36. The lowest BCUT2D eigenvalue weighted by Crippen LogP contribution is -2.43. The summed E-state index contributed by atoms with van der Waals surface area (Å²) in [5.74, 6) is -5.23. The molecule has 0 radical (unpaired) electrons. The molecule has 0 saturated carbocycles. The molecule has 0 aromatic heterocycles. The normalized spacial score (nSPS) is 18.5. The van der Waals surface area contributed by atoms with E-state index in [1.54, 1.807) is 0 Å². The van der Waals surface area contributed by atoms with Crippen molar-refractivity contribution in [2.75, 3.05) is 13.1 Å². The Hall–Kier alpha value is -1.11. The van der Waals surface area contributed by atoms with Gasteiger partial charge in [-0.1, -0.05) is 0 Å². The van der Waals surface area contributed by atoms with Crippen LogP contribution in [-0.2, 0) is 0 Å². The summed E-state index contributed by atoms with van der Waals surface area (Å²) in [5, 5.41) is 0. The van der Waals surface area contributed by atoms with Gasteiger partial charge in [0.05, 0.1) is 10.0 Å². The Morgan fingerprint density at radius 3 is 2.26 bits per heavy atom. The van der Waals surface area contributed by atoms with E-state index in [4.69, 9.17) is 0 Å². The molecular formula is C12H10BrF4NO. The molecule has 0 N–H and O–H groups in total. The molecule has 104 valence electrons. The smallest absolute Gasteiger partial charge is 0.258 e. The first-order valence-electron chi connectivity index (χ1n) is 5.62. The van der Waals surface area contributed by atoms with E-state index >= 15 is 0 Å². The van der Waals surface area contributed by atoms with E-state index in [2.05, 4.69) is 15.9 Å². The standard InChI is InChI=1S/C12H10BrF4NO/c13-10-8(15)2-1-7(14)9(10)11(19)18-5-3-12(16,17)4-6-18/h1-2H,3-6H2. The number of alkyl halides is 2. The van der Waals surface area contributed by atoms with Crippen LogP contribution >= 0.6 is 15.9 Å². The number of hydrogen-bond acceptors (Lipinski definition) is 1. The third kappa shape index (κ3) is 2.91. The number of piperidine rings is 1. The summed E-state index contributed by atoms with van der Waals surface area (Å²) in [5.41, 5.74) is -0.454. The maximum absolute atomic E-state index is 13.6. The van der Waals surface area contributed by atoms with E-state index in [9.17, 15) is 22.4 Å². The summed E-state index contributed by atoms with van der Waals surface area (Å²) < 4.78 is 52.6. The topological polar surface area (TPSA) is 20.3 Å². The largest absolute Gasteiger partial charge is 0.338 e. The molecule has 1 aromatic rings. The molecule has 1 fully saturated rings. The molecule has 0 spiro atoms. The van der Waals surface area contributed by atoms with Crippen LogP contribution in [0, 0.1) is 11.6 Å². The SMILES string of the molecule is O=C(c1c(F)ccc(F)c1Br)N1CCC(F)(F)CC1. The van der Waals surface area contributed by atoms with Gasteiger partial charge in [-0.3, -0.25) is 4.79 Å². The first-order chi connectivity index (χ1) is 8.82. The van der Waals surface area contributed by atoms with Gasteiger partial charge >= 0.3 is 0 Å². The minimum atomic E-state index is -2.80. The maximum atomic E-state index is 13.6. The fraction of sp³-hybridized carbons (Fsp3) is 0.417. The van der Waals surface area contributed by atoms with Crippen molar-refractivity contribution < 1.29 is 22.4 Å². The number of likely N-dealkylation sites (tertiary alicyclic amines) is 1. The van der Waals surface area contributed by atoms with Crippen molar-refractivity contribution in [2.24, 2.45) is 0 Å². The lowest BCUT2D eigenvalue weighted by Gasteiger charge is -2.32. The van der Waals surface area contributed by atoms with Gasteiger partial charge in [0.25, 0.3) is 11.8 Å². The van der Waals surface area contributed by atoms with Gasteiger partial charge in [-0.05, 0) is 28.1 Å². The molecule has 1 aliphatic rings. The van der Waals surface area contributed by atoms with Gasteiger partial charge in [0, 0.05) is 25.9 Å². The van der Waals surface area contributed by atoms with E-state index in [1.807, 2.05) is 0 Å². The number of rotatable bonds is 1. The van der Waals surface area contributed by atoms with Crippen molar-refractivity contribution in [3.63, 3.8) is 0 Å². The molecule has 1 aliphatic heterocycles. The van der Waals surface area contributed by atoms with Crippen molar-refractivity contribution in [3.8, 4) is 0 Å². The quantitative estimate of drug-likeness (QED) is 0.565. The van der Waals surface area contributed by atoms with Gasteiger partial charge in [0.15, 0.2) is 0 Å². The molecule has 1 amide bonds. The minimum absolute atomic E-state index is 0.172. The Balaban J connectivity index is 2.24. The number of carbonyl (C=O) groups is 1. The third-order valence-electron chi connectivity index (χ3n) is 3.04. The zero-order valence-corrected chi connectivity index (χ0v) is 11.3. The molecular weight excluding hydrogens is 330 g/mol. The Kier molecular flexibility index (Phi) is 3.85. The van der Waals surface area contributed by atoms with Gasteiger partial charge in [-0.15, -0.1) is 0 Å². The summed E-state index contributed by atoms with van der Waals surface area (Å²) in [6.07, 6.45) is -0.930. The first-order valence-corrected chi connectivity index (χ1v) is 6.42. The summed E-state index contributed by atoms with van der Waals surface area (Å²) in [6, 6.07) is 1.73. The minimum Gasteiger partial charge on any atom is -0.338 e. The highest BCUT2D eigenvalue weighted by atomic mass is 79.9. The lowest BCUT2D eigenvalue weighted by atomic mass is 10.1. The Labute approximate surface area is 115 Å². The summed E-state index contributed by atoms with van der Waals surface area (Å²) in [7, 11) is 0. The second-order valence-electron chi connectivity index (χ2n) is 4.37. The Morgan fingerprint density at radius 1 is 1.16 bits per heavy atom. The number of nitrogens with zero attached hydrogens (tertiary/aromatic N) is 1. The molecule has 0 unspecified atom stereocenters. The van der Waals surface area contributed by atoms with E-state index in [1.165, 1.54) is 0 Å². The van der Waals surface area contributed by atoms with Crippen molar-refractivity contribution in [2.45, 2.75) is 18.8 Å². The number of halogens is 5. The average Bonchev–Trinajstić information content (AvgIpc) is 2.34. The van der Waals surface area contributed by atoms with Crippen molar-refractivity contribution in [3.05, 3.63) is 33.8 Å². The van der Waals surface area contributed by atoms with Crippen LogP contribution in [0.5, 0.6) is 0 Å². The van der Waals surface area contributed by atoms with Crippen LogP contribution in [0.4, 0.5) is 17.6 Å². The van der Waals surface area contributed by atoms with Crippen molar-refractivity contribution in [1.29, 1.82) is 0 Å². The van der Waals surface area contributed by atoms with Crippen LogP contribution in [0.3, 0.4) is 0 Å². The molecule has 0 atom stereocenters. The molecule has 1 saturated heterocycles. The number of benzene rings is 1. The van der Waals surface area contributed by atoms with Crippen LogP contribution in [0.15, 0.2) is 16.6 Å². The average molecular weight is 340 g/mol. The molecule has 0 bridgehead atoms. The fourth-order valence-electron chi connectivity index (χ4n) is 1.92. The van der Waals surface area contributed by atoms with Crippen molar-refractivity contribution in [1.82, 2.24) is 4.90 Å². The predicted octanol–water partition coefficient (Wildman–Crippen LogP) is 3.60. The molecule has 0 aliphatic carbocycles. The maximum Gasteiger partial charge on any atom is 0.258 e. The Morgan fingerprint density at radius 2 is 1.68 bits per heavy atom. The highest BCUT2D eigenvalue weighted by molar-refractivity contribution is 9.10. The molecule has 19 heavy (non-hydrogen) atoms. The molecule has 7 heteroatoms. The van der Waals surface area contributed by atoms with E-state index in [0.717, 1.165) is 17.0 Å². The predicted molar refractivity (Wildman–Crippen MR) is 64.1 cm³/mol.